The summed E-state index contributed by atoms with van der Waals surface area (Å²) < 4.78 is 38.3. The van der Waals surface area contributed by atoms with Crippen molar-refractivity contribution in [3.63, 3.8) is 0 Å². The molecule has 0 unspecified atom stereocenters. The summed E-state index contributed by atoms with van der Waals surface area (Å²) in [7, 11) is 1.13. The molecule has 0 saturated carbocycles. The van der Waals surface area contributed by atoms with E-state index in [9.17, 15) is 18.7 Å². The van der Waals surface area contributed by atoms with Crippen LogP contribution in [-0.2, 0) is 0 Å². The maximum absolute atomic E-state index is 13.8. The van der Waals surface area contributed by atoms with Gasteiger partial charge in [-0.25, -0.2) is 8.78 Å². The molecule has 0 aliphatic carbocycles. The highest BCUT2D eigenvalue weighted by atomic mass is 79.9. The number of rotatable bonds is 3. The van der Waals surface area contributed by atoms with Crippen LogP contribution < -0.4 is 4.74 Å². The number of furan rings is 1. The van der Waals surface area contributed by atoms with Gasteiger partial charge in [0.1, 0.15) is 17.6 Å². The first-order valence-electron chi connectivity index (χ1n) is 6.51. The molecule has 0 fully saturated rings. The van der Waals surface area contributed by atoms with E-state index in [1.165, 1.54) is 12.3 Å². The van der Waals surface area contributed by atoms with Gasteiger partial charge in [0.05, 0.1) is 21.6 Å². The van der Waals surface area contributed by atoms with Gasteiger partial charge in [0, 0.05) is 10.9 Å². The van der Waals surface area contributed by atoms with Crippen molar-refractivity contribution in [3.8, 4) is 11.5 Å². The van der Waals surface area contributed by atoms with Crippen LogP contribution in [0, 0.1) is 11.6 Å². The van der Waals surface area contributed by atoms with Crippen molar-refractivity contribution in [1.82, 2.24) is 0 Å². The highest BCUT2D eigenvalue weighted by Gasteiger charge is 2.22. The number of methoxy groups -OCH3 is 1. The summed E-state index contributed by atoms with van der Waals surface area (Å²) in [5, 5.41) is 10.2. The zero-order valence-electron chi connectivity index (χ0n) is 12.0. The number of ketones is 1. The number of benzene rings is 2. The van der Waals surface area contributed by atoms with Crippen molar-refractivity contribution in [1.29, 1.82) is 0 Å². The number of halogens is 4. The molecule has 4 nitrogen and oxygen atoms in total. The predicted octanol–water partition coefficient (Wildman–Crippen LogP) is 5.18. The Bertz CT molecular complexity index is 959. The first kappa shape index (κ1) is 16.9. The number of ether oxygens (including phenoxy) is 1. The molecular formula is C16H8Br2F2O4. The van der Waals surface area contributed by atoms with Crippen molar-refractivity contribution in [2.24, 2.45) is 0 Å². The third-order valence-corrected chi connectivity index (χ3v) is 5.53. The fraction of sp³-hybridized carbons (Fsp3) is 0.0625. The number of aromatic hydroxyl groups is 1. The third-order valence-electron chi connectivity index (χ3n) is 3.44. The molecule has 0 spiro atoms. The molecule has 0 atom stereocenters. The highest BCUT2D eigenvalue weighted by molar-refractivity contribution is 9.13. The smallest absolute Gasteiger partial charge is 0.197 e. The van der Waals surface area contributed by atoms with Crippen LogP contribution in [0.1, 0.15) is 15.9 Å². The Morgan fingerprint density at radius 1 is 1.17 bits per heavy atom. The van der Waals surface area contributed by atoms with Crippen LogP contribution in [0.25, 0.3) is 11.0 Å². The molecule has 0 bridgehead atoms. The van der Waals surface area contributed by atoms with E-state index < -0.39 is 23.2 Å². The monoisotopic (exact) mass is 460 g/mol. The largest absolute Gasteiger partial charge is 0.507 e. The van der Waals surface area contributed by atoms with E-state index in [1.54, 1.807) is 0 Å². The zero-order chi connectivity index (χ0) is 17.6. The topological polar surface area (TPSA) is 59.7 Å². The Hall–Kier alpha value is -1.93. The number of hydrogen-bond donors (Lipinski definition) is 1. The molecule has 3 aromatic rings. The van der Waals surface area contributed by atoms with Crippen LogP contribution >= 0.6 is 31.9 Å². The fourth-order valence-electron chi connectivity index (χ4n) is 2.31. The lowest BCUT2D eigenvalue weighted by Crippen LogP contribution is -2.04. The highest BCUT2D eigenvalue weighted by Crippen LogP contribution is 2.40. The summed E-state index contributed by atoms with van der Waals surface area (Å²) in [6, 6.07) is 3.10. The third kappa shape index (κ3) is 2.59. The number of fused-ring (bicyclic) bond motifs is 1. The Balaban J connectivity index is 2.17. The van der Waals surface area contributed by atoms with E-state index in [0.29, 0.717) is 19.9 Å². The SMILES string of the molecule is COc1c(F)cc(C(=O)c2coc3c(Br)c(Br)c(O)cc23)cc1F. The fourth-order valence-corrected chi connectivity index (χ4v) is 3.11. The Kier molecular flexibility index (Phi) is 4.35. The lowest BCUT2D eigenvalue weighted by Gasteiger charge is -2.06. The molecule has 0 amide bonds. The van der Waals surface area contributed by atoms with Gasteiger partial charge in [-0.15, -0.1) is 0 Å². The summed E-state index contributed by atoms with van der Waals surface area (Å²) in [4.78, 5) is 12.6. The second-order valence-electron chi connectivity index (χ2n) is 4.85. The Morgan fingerprint density at radius 3 is 2.38 bits per heavy atom. The summed E-state index contributed by atoms with van der Waals surface area (Å²) in [5.41, 5.74) is 0.182. The minimum atomic E-state index is -0.986. The van der Waals surface area contributed by atoms with Crippen LogP contribution in [0.2, 0.25) is 0 Å². The first-order valence-corrected chi connectivity index (χ1v) is 8.09. The molecule has 0 radical (unpaired) electrons. The van der Waals surface area contributed by atoms with Gasteiger partial charge in [-0.1, -0.05) is 0 Å². The quantitative estimate of drug-likeness (QED) is 0.546. The molecule has 8 heteroatoms. The van der Waals surface area contributed by atoms with Crippen molar-refractivity contribution in [3.05, 3.63) is 56.2 Å². The van der Waals surface area contributed by atoms with Gasteiger partial charge in [-0.05, 0) is 50.1 Å². The molecule has 1 N–H and O–H groups in total. The van der Waals surface area contributed by atoms with E-state index in [1.807, 2.05) is 0 Å². The van der Waals surface area contributed by atoms with E-state index in [2.05, 4.69) is 36.6 Å². The van der Waals surface area contributed by atoms with Gasteiger partial charge >= 0.3 is 0 Å². The van der Waals surface area contributed by atoms with E-state index in [-0.39, 0.29) is 16.9 Å². The number of carbonyl (C=O) groups is 1. The second kappa shape index (κ2) is 6.18. The van der Waals surface area contributed by atoms with Crippen LogP contribution in [0.3, 0.4) is 0 Å². The maximum atomic E-state index is 13.8. The van der Waals surface area contributed by atoms with Crippen LogP contribution in [0.15, 0.2) is 37.8 Å². The number of carbonyl (C=O) groups excluding carboxylic acids is 1. The van der Waals surface area contributed by atoms with Gasteiger partial charge in [0.15, 0.2) is 23.2 Å². The van der Waals surface area contributed by atoms with Gasteiger partial charge < -0.3 is 14.3 Å². The standard InChI is InChI=1S/C16H8Br2F2O4/c1-23-16-9(19)2-6(3-10(16)20)14(22)8-5-24-15-7(8)4-11(21)12(17)13(15)18/h2-5,21H,1H3. The lowest BCUT2D eigenvalue weighted by molar-refractivity contribution is 0.103. The van der Waals surface area contributed by atoms with E-state index in [4.69, 9.17) is 4.42 Å². The molecule has 1 heterocycles. The second-order valence-corrected chi connectivity index (χ2v) is 6.44. The minimum absolute atomic E-state index is 0.0671. The molecule has 0 aliphatic rings. The summed E-state index contributed by atoms with van der Waals surface area (Å²) in [6.07, 6.45) is 1.17. The van der Waals surface area contributed by atoms with Crippen molar-refractivity contribution in [2.45, 2.75) is 0 Å². The molecule has 3 rings (SSSR count). The van der Waals surface area contributed by atoms with Gasteiger partial charge in [-0.3, -0.25) is 4.79 Å². The maximum Gasteiger partial charge on any atom is 0.197 e. The average molecular weight is 462 g/mol. The van der Waals surface area contributed by atoms with Crippen LogP contribution in [0.5, 0.6) is 11.5 Å². The first-order chi connectivity index (χ1) is 11.3. The molecular weight excluding hydrogens is 454 g/mol. The van der Waals surface area contributed by atoms with Crippen molar-refractivity contribution in [2.75, 3.05) is 7.11 Å². The predicted molar refractivity (Wildman–Crippen MR) is 89.6 cm³/mol. The average Bonchev–Trinajstić information content (AvgIpc) is 2.95. The summed E-state index contributed by atoms with van der Waals surface area (Å²) >= 11 is 6.42. The van der Waals surface area contributed by atoms with Gasteiger partial charge in [0.25, 0.3) is 0 Å². The van der Waals surface area contributed by atoms with Gasteiger partial charge in [0.2, 0.25) is 0 Å². The molecule has 2 aromatic carbocycles. The van der Waals surface area contributed by atoms with Gasteiger partial charge in [-0.2, -0.15) is 0 Å². The summed E-state index contributed by atoms with van der Waals surface area (Å²) in [5.74, 6) is -3.30. The van der Waals surface area contributed by atoms with Crippen molar-refractivity contribution < 1.29 is 27.8 Å². The number of phenols is 1. The number of hydrogen-bond acceptors (Lipinski definition) is 4. The molecule has 124 valence electrons. The van der Waals surface area contributed by atoms with E-state index in [0.717, 1.165) is 19.2 Å². The molecule has 1 aromatic heterocycles. The Labute approximate surface area is 151 Å². The molecule has 24 heavy (non-hydrogen) atoms. The van der Waals surface area contributed by atoms with E-state index >= 15 is 0 Å². The summed E-state index contributed by atoms with van der Waals surface area (Å²) in [6.45, 7) is 0. The molecule has 0 saturated heterocycles. The lowest BCUT2D eigenvalue weighted by atomic mass is 10.0. The zero-order valence-corrected chi connectivity index (χ0v) is 15.2. The van der Waals surface area contributed by atoms with Crippen LogP contribution in [0.4, 0.5) is 8.78 Å². The minimum Gasteiger partial charge on any atom is -0.507 e. The van der Waals surface area contributed by atoms with Crippen molar-refractivity contribution >= 4 is 48.6 Å². The molecule has 0 aliphatic heterocycles. The number of phenolic OH excluding ortho intramolecular Hbond substituents is 1. The Morgan fingerprint density at radius 2 is 1.79 bits per heavy atom. The van der Waals surface area contributed by atoms with Crippen LogP contribution in [-0.4, -0.2) is 18.0 Å². The normalized spacial score (nSPS) is 11.0.